The molecule has 6 nitrogen and oxygen atoms in total. The largest absolute Gasteiger partial charge is 0.492 e. The fraction of sp³-hybridized carbons (Fsp3) is 0.500. The van der Waals surface area contributed by atoms with Crippen molar-refractivity contribution in [2.45, 2.75) is 63.3 Å². The van der Waals surface area contributed by atoms with Crippen molar-refractivity contribution in [3.63, 3.8) is 0 Å². The van der Waals surface area contributed by atoms with E-state index in [0.29, 0.717) is 12.6 Å². The Labute approximate surface area is 190 Å². The summed E-state index contributed by atoms with van der Waals surface area (Å²) in [4.78, 5) is 0. The van der Waals surface area contributed by atoms with E-state index in [1.165, 1.54) is 36.6 Å². The van der Waals surface area contributed by atoms with Gasteiger partial charge in [-0.2, -0.15) is 5.10 Å². The van der Waals surface area contributed by atoms with Crippen LogP contribution in [0.4, 0.5) is 5.69 Å². The van der Waals surface area contributed by atoms with E-state index in [0.717, 1.165) is 29.9 Å². The van der Waals surface area contributed by atoms with E-state index in [9.17, 15) is 0 Å². The van der Waals surface area contributed by atoms with Gasteiger partial charge in [0.15, 0.2) is 0 Å². The van der Waals surface area contributed by atoms with Crippen LogP contribution < -0.4 is 15.4 Å². The molecular weight excluding hydrogens is 400 g/mol. The molecule has 2 heterocycles. The number of rotatable bonds is 10. The molecule has 1 saturated carbocycles. The summed E-state index contributed by atoms with van der Waals surface area (Å²) < 4.78 is 14.0. The number of hydrogen-bond donors (Lipinski definition) is 2. The van der Waals surface area contributed by atoms with Crippen LogP contribution in [0.25, 0.3) is 10.9 Å². The van der Waals surface area contributed by atoms with E-state index in [2.05, 4.69) is 64.8 Å². The van der Waals surface area contributed by atoms with Gasteiger partial charge in [-0.15, -0.1) is 0 Å². The summed E-state index contributed by atoms with van der Waals surface area (Å²) in [5, 5.41) is 13.6. The van der Waals surface area contributed by atoms with Gasteiger partial charge in [0.25, 0.3) is 0 Å². The Bertz CT molecular complexity index is 1050. The summed E-state index contributed by atoms with van der Waals surface area (Å²) in [5.41, 5.74) is 3.35. The second kappa shape index (κ2) is 9.51. The Morgan fingerprint density at radius 1 is 1.19 bits per heavy atom. The fourth-order valence-electron chi connectivity index (χ4n) is 4.62. The summed E-state index contributed by atoms with van der Waals surface area (Å²) in [7, 11) is 1.81. The summed E-state index contributed by atoms with van der Waals surface area (Å²) in [6.45, 7) is 3.66. The van der Waals surface area contributed by atoms with Crippen LogP contribution in [0, 0.1) is 0 Å². The molecule has 1 aliphatic heterocycles. The summed E-state index contributed by atoms with van der Waals surface area (Å²) in [6.07, 6.45) is 8.31. The minimum Gasteiger partial charge on any atom is -0.492 e. The standard InChI is InChI=1S/C26H34N4O2/c1-3-4-8-19(31-2)15-27-24-17-32-25-12-6-5-9-20(25)26(24)28-22-10-7-11-23-21(22)16-30(29-23)18-13-14-18/h5-7,9-12,16,18-19,24,26-28H,3-4,8,13-15,17H2,1-2H3/t19-,24-,26-/m0/s1. The Kier molecular flexibility index (Phi) is 6.32. The lowest BCUT2D eigenvalue weighted by Crippen LogP contribution is -2.48. The lowest BCUT2D eigenvalue weighted by atomic mass is 9.95. The van der Waals surface area contributed by atoms with E-state index in [1.54, 1.807) is 0 Å². The molecule has 3 atom stereocenters. The first-order chi connectivity index (χ1) is 15.8. The zero-order valence-electron chi connectivity index (χ0n) is 19.1. The molecule has 2 aromatic carbocycles. The smallest absolute Gasteiger partial charge is 0.124 e. The zero-order chi connectivity index (χ0) is 21.9. The molecule has 1 aliphatic carbocycles. The number of unbranched alkanes of at least 4 members (excludes halogenated alkanes) is 1. The van der Waals surface area contributed by atoms with Gasteiger partial charge >= 0.3 is 0 Å². The number of ether oxygens (including phenoxy) is 2. The van der Waals surface area contributed by atoms with Crippen molar-refractivity contribution in [1.29, 1.82) is 0 Å². The van der Waals surface area contributed by atoms with E-state index in [4.69, 9.17) is 14.6 Å². The molecule has 5 rings (SSSR count). The molecule has 2 N–H and O–H groups in total. The number of hydrogen-bond acceptors (Lipinski definition) is 5. The van der Waals surface area contributed by atoms with Gasteiger partial charge in [0.1, 0.15) is 12.4 Å². The van der Waals surface area contributed by atoms with E-state index in [1.807, 2.05) is 13.2 Å². The van der Waals surface area contributed by atoms with Gasteiger partial charge < -0.3 is 20.1 Å². The summed E-state index contributed by atoms with van der Waals surface area (Å²) in [6, 6.07) is 15.5. The molecule has 170 valence electrons. The third-order valence-electron chi connectivity index (χ3n) is 6.70. The number of aromatic nitrogens is 2. The number of benzene rings is 2. The van der Waals surface area contributed by atoms with Crippen molar-refractivity contribution in [2.75, 3.05) is 25.6 Å². The van der Waals surface area contributed by atoms with Crippen LogP contribution in [0.15, 0.2) is 48.7 Å². The molecular formula is C26H34N4O2. The topological polar surface area (TPSA) is 60.3 Å². The average molecular weight is 435 g/mol. The first-order valence-corrected chi connectivity index (χ1v) is 12.0. The predicted molar refractivity (Wildman–Crippen MR) is 128 cm³/mol. The molecule has 0 amide bonds. The normalized spacial score (nSPS) is 21.2. The molecule has 0 radical (unpaired) electrons. The number of methoxy groups -OCH3 is 1. The molecule has 32 heavy (non-hydrogen) atoms. The number of nitrogens with zero attached hydrogens (tertiary/aromatic N) is 2. The predicted octanol–water partition coefficient (Wildman–Crippen LogP) is 5.08. The number of fused-ring (bicyclic) bond motifs is 2. The molecule has 0 unspecified atom stereocenters. The average Bonchev–Trinajstić information content (AvgIpc) is 3.59. The van der Waals surface area contributed by atoms with Crippen LogP contribution in [0.5, 0.6) is 5.75 Å². The van der Waals surface area contributed by atoms with E-state index in [-0.39, 0.29) is 18.2 Å². The minimum atomic E-state index is 0.0958. The molecule has 1 fully saturated rings. The first-order valence-electron chi connectivity index (χ1n) is 12.0. The summed E-state index contributed by atoms with van der Waals surface area (Å²) >= 11 is 0. The molecule has 0 spiro atoms. The Hall–Kier alpha value is -2.57. The van der Waals surface area contributed by atoms with E-state index >= 15 is 0 Å². The number of para-hydroxylation sites is 1. The van der Waals surface area contributed by atoms with Crippen LogP contribution in [-0.2, 0) is 4.74 Å². The highest BCUT2D eigenvalue weighted by molar-refractivity contribution is 5.91. The quantitative estimate of drug-likeness (QED) is 0.466. The molecule has 2 aliphatic rings. The Morgan fingerprint density at radius 3 is 2.88 bits per heavy atom. The highest BCUT2D eigenvalue weighted by atomic mass is 16.5. The van der Waals surface area contributed by atoms with Gasteiger partial charge in [0.05, 0.1) is 29.7 Å². The monoisotopic (exact) mass is 434 g/mol. The van der Waals surface area contributed by atoms with Crippen molar-refractivity contribution in [3.05, 3.63) is 54.2 Å². The van der Waals surface area contributed by atoms with Crippen LogP contribution in [-0.4, -0.2) is 42.2 Å². The number of nitrogens with one attached hydrogen (secondary N) is 2. The van der Waals surface area contributed by atoms with Crippen molar-refractivity contribution >= 4 is 16.6 Å². The SMILES string of the molecule is CCCC[C@@H](CN[C@H]1COc2ccccc2[C@@H]1Nc1cccc2nn(C3CC3)cc12)OC. The van der Waals surface area contributed by atoms with Crippen molar-refractivity contribution in [3.8, 4) is 5.75 Å². The second-order valence-corrected chi connectivity index (χ2v) is 9.06. The molecule has 3 aromatic rings. The van der Waals surface area contributed by atoms with Gasteiger partial charge in [0.2, 0.25) is 0 Å². The lowest BCUT2D eigenvalue weighted by Gasteiger charge is -2.36. The van der Waals surface area contributed by atoms with Crippen LogP contribution in [0.3, 0.4) is 0 Å². The van der Waals surface area contributed by atoms with Crippen LogP contribution in [0.1, 0.15) is 56.7 Å². The highest BCUT2D eigenvalue weighted by Gasteiger charge is 2.32. The van der Waals surface area contributed by atoms with Crippen molar-refractivity contribution in [2.24, 2.45) is 0 Å². The molecule has 6 heteroatoms. The van der Waals surface area contributed by atoms with Gasteiger partial charge in [-0.3, -0.25) is 4.68 Å². The minimum absolute atomic E-state index is 0.0958. The molecule has 0 saturated heterocycles. The molecule has 0 bridgehead atoms. The fourth-order valence-corrected chi connectivity index (χ4v) is 4.62. The van der Waals surface area contributed by atoms with Gasteiger partial charge in [-0.05, 0) is 37.5 Å². The van der Waals surface area contributed by atoms with Crippen molar-refractivity contribution < 1.29 is 9.47 Å². The zero-order valence-corrected chi connectivity index (χ0v) is 19.1. The third kappa shape index (κ3) is 4.48. The number of anilines is 1. The van der Waals surface area contributed by atoms with Gasteiger partial charge in [-0.25, -0.2) is 0 Å². The van der Waals surface area contributed by atoms with Crippen LogP contribution in [0.2, 0.25) is 0 Å². The Balaban J connectivity index is 1.40. The maximum absolute atomic E-state index is 6.12. The van der Waals surface area contributed by atoms with Crippen molar-refractivity contribution in [1.82, 2.24) is 15.1 Å². The van der Waals surface area contributed by atoms with Gasteiger partial charge in [0, 0.05) is 36.5 Å². The maximum atomic E-state index is 6.12. The molecule has 1 aromatic heterocycles. The summed E-state index contributed by atoms with van der Waals surface area (Å²) in [5.74, 6) is 0.957. The third-order valence-corrected chi connectivity index (χ3v) is 6.70. The Morgan fingerprint density at radius 2 is 2.06 bits per heavy atom. The maximum Gasteiger partial charge on any atom is 0.124 e. The second-order valence-electron chi connectivity index (χ2n) is 9.06. The highest BCUT2D eigenvalue weighted by Crippen LogP contribution is 2.38. The van der Waals surface area contributed by atoms with Gasteiger partial charge in [-0.1, -0.05) is 44.0 Å². The first kappa shape index (κ1) is 21.3. The lowest BCUT2D eigenvalue weighted by molar-refractivity contribution is 0.0849. The van der Waals surface area contributed by atoms with Crippen LogP contribution >= 0.6 is 0 Å². The van der Waals surface area contributed by atoms with E-state index < -0.39 is 0 Å².